The molecule has 0 amide bonds. The van der Waals surface area contributed by atoms with Crippen molar-refractivity contribution in [3.8, 4) is 5.69 Å². The zero-order valence-electron chi connectivity index (χ0n) is 11.8. The fraction of sp³-hybridized carbons (Fsp3) is 0.375. The van der Waals surface area contributed by atoms with Crippen LogP contribution in [0.25, 0.3) is 5.69 Å². The molecule has 0 aliphatic rings. The Bertz CT molecular complexity index is 548. The number of nitrogens with two attached hydrogens (primary N) is 1. The van der Waals surface area contributed by atoms with E-state index < -0.39 is 0 Å². The number of ketones is 1. The van der Waals surface area contributed by atoms with Crippen LogP contribution in [0.1, 0.15) is 36.7 Å². The third kappa shape index (κ3) is 3.54. The Kier molecular flexibility index (Phi) is 5.07. The molecule has 0 aliphatic heterocycles. The van der Waals surface area contributed by atoms with Crippen molar-refractivity contribution in [1.29, 1.82) is 0 Å². The molecule has 0 bridgehead atoms. The summed E-state index contributed by atoms with van der Waals surface area (Å²) in [6.07, 6.45) is 4.05. The van der Waals surface area contributed by atoms with Crippen molar-refractivity contribution < 1.29 is 4.79 Å². The van der Waals surface area contributed by atoms with Crippen molar-refractivity contribution in [3.63, 3.8) is 0 Å². The highest BCUT2D eigenvalue weighted by atomic mass is 16.1. The lowest BCUT2D eigenvalue weighted by Gasteiger charge is -2.10. The molecule has 2 N–H and O–H groups in total. The number of benzene rings is 1. The van der Waals surface area contributed by atoms with E-state index in [1.54, 1.807) is 16.9 Å². The van der Waals surface area contributed by atoms with Gasteiger partial charge >= 0.3 is 0 Å². The summed E-state index contributed by atoms with van der Waals surface area (Å²) in [6.45, 7) is 2.81. The first-order chi connectivity index (χ1) is 9.72. The summed E-state index contributed by atoms with van der Waals surface area (Å²) in [5.41, 5.74) is 7.09. The van der Waals surface area contributed by atoms with Crippen LogP contribution in [0.4, 0.5) is 0 Å². The Labute approximate surface area is 119 Å². The third-order valence-corrected chi connectivity index (χ3v) is 3.45. The summed E-state index contributed by atoms with van der Waals surface area (Å²) in [4.78, 5) is 12.3. The molecule has 106 valence electrons. The van der Waals surface area contributed by atoms with Crippen LogP contribution in [0.5, 0.6) is 0 Å². The number of hydrogen-bond donors (Lipinski definition) is 1. The predicted octanol–water partition coefficient (Wildman–Crippen LogP) is 2.82. The van der Waals surface area contributed by atoms with Gasteiger partial charge in [0.2, 0.25) is 0 Å². The van der Waals surface area contributed by atoms with E-state index in [9.17, 15) is 4.79 Å². The first kappa shape index (κ1) is 14.5. The normalized spacial score (nSPS) is 12.3. The van der Waals surface area contributed by atoms with Gasteiger partial charge in [-0.2, -0.15) is 5.10 Å². The molecule has 2 aromatic rings. The van der Waals surface area contributed by atoms with Gasteiger partial charge in [0.05, 0.1) is 11.9 Å². The lowest BCUT2D eigenvalue weighted by Crippen LogP contribution is -2.11. The third-order valence-electron chi connectivity index (χ3n) is 3.45. The SMILES string of the molecule is CC(CCN)CCC(=O)c1ccnn1-c1ccccc1. The van der Waals surface area contributed by atoms with E-state index in [1.807, 2.05) is 30.3 Å². The van der Waals surface area contributed by atoms with Gasteiger partial charge in [-0.25, -0.2) is 4.68 Å². The highest BCUT2D eigenvalue weighted by molar-refractivity contribution is 5.94. The van der Waals surface area contributed by atoms with E-state index in [2.05, 4.69) is 12.0 Å². The minimum atomic E-state index is 0.134. The minimum absolute atomic E-state index is 0.134. The molecule has 1 aromatic carbocycles. The van der Waals surface area contributed by atoms with E-state index in [1.165, 1.54) is 0 Å². The monoisotopic (exact) mass is 271 g/mol. The van der Waals surface area contributed by atoms with Crippen molar-refractivity contribution in [2.75, 3.05) is 6.54 Å². The molecule has 0 fully saturated rings. The zero-order valence-corrected chi connectivity index (χ0v) is 11.8. The summed E-state index contributed by atoms with van der Waals surface area (Å²) in [5.74, 6) is 0.618. The highest BCUT2D eigenvalue weighted by Gasteiger charge is 2.14. The number of Topliss-reactive ketones (excluding diaryl/α,β-unsaturated/α-hetero) is 1. The van der Waals surface area contributed by atoms with Crippen LogP contribution in [-0.4, -0.2) is 22.1 Å². The second-order valence-electron chi connectivity index (χ2n) is 5.11. The summed E-state index contributed by atoms with van der Waals surface area (Å²) in [7, 11) is 0. The number of nitrogens with zero attached hydrogens (tertiary/aromatic N) is 2. The van der Waals surface area contributed by atoms with Crippen LogP contribution in [0.2, 0.25) is 0 Å². The minimum Gasteiger partial charge on any atom is -0.330 e. The Balaban J connectivity index is 2.07. The second kappa shape index (κ2) is 7.01. The van der Waals surface area contributed by atoms with Crippen LogP contribution in [0.15, 0.2) is 42.6 Å². The highest BCUT2D eigenvalue weighted by Crippen LogP contribution is 2.15. The van der Waals surface area contributed by atoms with E-state index in [-0.39, 0.29) is 5.78 Å². The van der Waals surface area contributed by atoms with Crippen molar-refractivity contribution in [1.82, 2.24) is 9.78 Å². The van der Waals surface area contributed by atoms with Gasteiger partial charge in [-0.05, 0) is 43.5 Å². The van der Waals surface area contributed by atoms with Gasteiger partial charge in [-0.3, -0.25) is 4.79 Å². The fourth-order valence-corrected chi connectivity index (χ4v) is 2.22. The maximum Gasteiger partial charge on any atom is 0.181 e. The molecule has 4 nitrogen and oxygen atoms in total. The number of hydrogen-bond acceptors (Lipinski definition) is 3. The van der Waals surface area contributed by atoms with Gasteiger partial charge in [0.25, 0.3) is 0 Å². The molecule has 0 radical (unpaired) electrons. The Hall–Kier alpha value is -1.94. The molecule has 0 aliphatic carbocycles. The molecule has 4 heteroatoms. The number of para-hydroxylation sites is 1. The van der Waals surface area contributed by atoms with Gasteiger partial charge in [0, 0.05) is 6.42 Å². The van der Waals surface area contributed by atoms with Crippen LogP contribution >= 0.6 is 0 Å². The maximum absolute atomic E-state index is 12.3. The van der Waals surface area contributed by atoms with Gasteiger partial charge in [0.1, 0.15) is 5.69 Å². The smallest absolute Gasteiger partial charge is 0.181 e. The van der Waals surface area contributed by atoms with E-state index in [0.29, 0.717) is 24.6 Å². The molecule has 20 heavy (non-hydrogen) atoms. The summed E-state index contributed by atoms with van der Waals surface area (Å²) >= 11 is 0. The fourth-order valence-electron chi connectivity index (χ4n) is 2.22. The molecule has 0 saturated heterocycles. The Morgan fingerprint density at radius 3 is 2.70 bits per heavy atom. The molecule has 2 rings (SSSR count). The standard InChI is InChI=1S/C16H21N3O/c1-13(9-11-17)7-8-16(20)15-10-12-18-19(15)14-5-3-2-4-6-14/h2-6,10,12-13H,7-9,11,17H2,1H3. The predicted molar refractivity (Wildman–Crippen MR) is 80.0 cm³/mol. The Morgan fingerprint density at radius 1 is 1.25 bits per heavy atom. The average molecular weight is 271 g/mol. The van der Waals surface area contributed by atoms with Gasteiger partial charge in [-0.1, -0.05) is 25.1 Å². The van der Waals surface area contributed by atoms with Crippen LogP contribution in [0.3, 0.4) is 0 Å². The largest absolute Gasteiger partial charge is 0.330 e. The lowest BCUT2D eigenvalue weighted by atomic mass is 9.99. The van der Waals surface area contributed by atoms with Gasteiger partial charge < -0.3 is 5.73 Å². The molecule has 1 atom stereocenters. The molecule has 0 saturated carbocycles. The Morgan fingerprint density at radius 2 is 2.00 bits per heavy atom. The first-order valence-corrected chi connectivity index (χ1v) is 7.05. The van der Waals surface area contributed by atoms with E-state index >= 15 is 0 Å². The number of aromatic nitrogens is 2. The quantitative estimate of drug-likeness (QED) is 0.788. The summed E-state index contributed by atoms with van der Waals surface area (Å²) < 4.78 is 1.70. The topological polar surface area (TPSA) is 60.9 Å². The van der Waals surface area contributed by atoms with Crippen molar-refractivity contribution in [3.05, 3.63) is 48.3 Å². The van der Waals surface area contributed by atoms with Crippen LogP contribution < -0.4 is 5.73 Å². The summed E-state index contributed by atoms with van der Waals surface area (Å²) in [5, 5.41) is 4.25. The average Bonchev–Trinajstić information content (AvgIpc) is 2.95. The molecule has 1 unspecified atom stereocenters. The van der Waals surface area contributed by atoms with Crippen molar-refractivity contribution >= 4 is 5.78 Å². The van der Waals surface area contributed by atoms with Crippen molar-refractivity contribution in [2.24, 2.45) is 11.7 Å². The zero-order chi connectivity index (χ0) is 14.4. The number of carbonyl (C=O) groups is 1. The van der Waals surface area contributed by atoms with Crippen LogP contribution in [-0.2, 0) is 0 Å². The van der Waals surface area contributed by atoms with E-state index in [0.717, 1.165) is 18.5 Å². The number of rotatable bonds is 7. The molecule has 0 spiro atoms. The van der Waals surface area contributed by atoms with E-state index in [4.69, 9.17) is 5.73 Å². The van der Waals surface area contributed by atoms with Crippen LogP contribution in [0, 0.1) is 5.92 Å². The van der Waals surface area contributed by atoms with Gasteiger partial charge in [0.15, 0.2) is 5.78 Å². The summed E-state index contributed by atoms with van der Waals surface area (Å²) in [6, 6.07) is 11.5. The van der Waals surface area contributed by atoms with Gasteiger partial charge in [-0.15, -0.1) is 0 Å². The molecule has 1 heterocycles. The maximum atomic E-state index is 12.3. The first-order valence-electron chi connectivity index (χ1n) is 7.05. The molecule has 1 aromatic heterocycles. The molecular formula is C16H21N3O. The molecular weight excluding hydrogens is 250 g/mol. The lowest BCUT2D eigenvalue weighted by molar-refractivity contribution is 0.0966. The van der Waals surface area contributed by atoms with Crippen molar-refractivity contribution in [2.45, 2.75) is 26.2 Å². The number of carbonyl (C=O) groups excluding carboxylic acids is 1. The second-order valence-corrected chi connectivity index (χ2v) is 5.11.